The molecule has 1 saturated carbocycles. The van der Waals surface area contributed by atoms with Gasteiger partial charge in [0.2, 0.25) is 0 Å². The fourth-order valence-corrected chi connectivity index (χ4v) is 4.01. The lowest BCUT2D eigenvalue weighted by Gasteiger charge is -2.36. The molecule has 2 aliphatic rings. The number of halogens is 1. The van der Waals surface area contributed by atoms with Crippen molar-refractivity contribution in [1.82, 2.24) is 15.2 Å². The van der Waals surface area contributed by atoms with Gasteiger partial charge < -0.3 is 15.1 Å². The highest BCUT2D eigenvalue weighted by Gasteiger charge is 2.24. The number of nitrogens with zero attached hydrogens (tertiary/aromatic N) is 3. The first kappa shape index (κ1) is 19.4. The van der Waals surface area contributed by atoms with Crippen LogP contribution in [0.3, 0.4) is 0 Å². The summed E-state index contributed by atoms with van der Waals surface area (Å²) in [6.07, 6.45) is 5.84. The Morgan fingerprint density at radius 1 is 1.00 bits per heavy atom. The van der Waals surface area contributed by atoms with E-state index in [1.807, 2.05) is 0 Å². The highest BCUT2D eigenvalue weighted by molar-refractivity contribution is 5.98. The summed E-state index contributed by atoms with van der Waals surface area (Å²) < 4.78 is 13.1. The number of hydrogen-bond acceptors (Lipinski definition) is 4. The van der Waals surface area contributed by atoms with Crippen LogP contribution in [0.2, 0.25) is 0 Å². The van der Waals surface area contributed by atoms with E-state index in [0.717, 1.165) is 31.4 Å². The third-order valence-electron chi connectivity index (χ3n) is 5.69. The Labute approximate surface area is 169 Å². The predicted octanol–water partition coefficient (Wildman–Crippen LogP) is 2.86. The smallest absolute Gasteiger partial charge is 0.272 e. The molecule has 1 aromatic heterocycles. The summed E-state index contributed by atoms with van der Waals surface area (Å²) in [6, 6.07) is 9.85. The van der Waals surface area contributed by atoms with Crippen LogP contribution in [0.1, 0.15) is 46.5 Å². The number of carbonyl (C=O) groups excluding carboxylic acids is 2. The zero-order valence-electron chi connectivity index (χ0n) is 16.3. The van der Waals surface area contributed by atoms with Gasteiger partial charge in [0.1, 0.15) is 11.5 Å². The maximum Gasteiger partial charge on any atom is 0.272 e. The largest absolute Gasteiger partial charge is 0.368 e. The monoisotopic (exact) mass is 396 g/mol. The average Bonchev–Trinajstić information content (AvgIpc) is 3.27. The number of rotatable bonds is 4. The summed E-state index contributed by atoms with van der Waals surface area (Å²) in [6.45, 7) is 2.44. The molecular weight excluding hydrogens is 371 g/mol. The average molecular weight is 396 g/mol. The van der Waals surface area contributed by atoms with E-state index < -0.39 is 0 Å². The summed E-state index contributed by atoms with van der Waals surface area (Å²) in [7, 11) is 0. The lowest BCUT2D eigenvalue weighted by molar-refractivity contribution is 0.0741. The molecule has 6 nitrogen and oxygen atoms in total. The van der Waals surface area contributed by atoms with Crippen LogP contribution in [0.5, 0.6) is 0 Å². The molecule has 2 fully saturated rings. The Kier molecular flexibility index (Phi) is 5.74. The normalized spacial score (nSPS) is 17.4. The molecule has 1 saturated heterocycles. The molecule has 1 aliphatic heterocycles. The Bertz CT molecular complexity index is 873. The topological polar surface area (TPSA) is 65.5 Å². The van der Waals surface area contributed by atoms with E-state index >= 15 is 0 Å². The van der Waals surface area contributed by atoms with Crippen molar-refractivity contribution in [3.05, 3.63) is 59.7 Å². The number of amides is 2. The van der Waals surface area contributed by atoms with E-state index in [1.54, 1.807) is 29.2 Å². The van der Waals surface area contributed by atoms with Gasteiger partial charge in [-0.05, 0) is 49.2 Å². The van der Waals surface area contributed by atoms with E-state index in [4.69, 9.17) is 0 Å². The standard InChI is InChI=1S/C22H25FN4O2/c23-17-5-7-19(8-6-17)26-11-13-27(14-12-26)22(29)20-15-16(9-10-24-20)21(28)25-18-3-1-2-4-18/h5-10,15,18H,1-4,11-14H2,(H,25,28). The minimum absolute atomic E-state index is 0.144. The Balaban J connectivity index is 1.37. The van der Waals surface area contributed by atoms with Crippen molar-refractivity contribution >= 4 is 17.5 Å². The second-order valence-corrected chi connectivity index (χ2v) is 7.64. The summed E-state index contributed by atoms with van der Waals surface area (Å²) in [5.41, 5.74) is 1.71. The van der Waals surface area contributed by atoms with Crippen molar-refractivity contribution in [3.8, 4) is 0 Å². The zero-order valence-corrected chi connectivity index (χ0v) is 16.3. The van der Waals surface area contributed by atoms with Crippen LogP contribution in [0.4, 0.5) is 10.1 Å². The van der Waals surface area contributed by atoms with Crippen LogP contribution in [0.25, 0.3) is 0 Å². The number of pyridine rings is 1. The Morgan fingerprint density at radius 2 is 1.69 bits per heavy atom. The molecule has 0 radical (unpaired) electrons. The predicted molar refractivity (Wildman–Crippen MR) is 108 cm³/mol. The second kappa shape index (κ2) is 8.59. The highest BCUT2D eigenvalue weighted by atomic mass is 19.1. The first-order chi connectivity index (χ1) is 14.1. The first-order valence-electron chi connectivity index (χ1n) is 10.2. The molecule has 0 atom stereocenters. The number of piperazine rings is 1. The third-order valence-corrected chi connectivity index (χ3v) is 5.69. The van der Waals surface area contributed by atoms with Gasteiger partial charge in [-0.2, -0.15) is 0 Å². The van der Waals surface area contributed by atoms with Crippen molar-refractivity contribution in [1.29, 1.82) is 0 Å². The fourth-order valence-electron chi connectivity index (χ4n) is 4.01. The molecule has 2 heterocycles. The number of anilines is 1. The quantitative estimate of drug-likeness (QED) is 0.863. The fraction of sp³-hybridized carbons (Fsp3) is 0.409. The summed E-state index contributed by atoms with van der Waals surface area (Å²) in [5, 5.41) is 3.04. The van der Waals surface area contributed by atoms with Crippen LogP contribution in [-0.4, -0.2) is 53.9 Å². The van der Waals surface area contributed by atoms with Crippen molar-refractivity contribution < 1.29 is 14.0 Å². The number of aromatic nitrogens is 1. The van der Waals surface area contributed by atoms with Gasteiger partial charge in [0.25, 0.3) is 11.8 Å². The second-order valence-electron chi connectivity index (χ2n) is 7.64. The van der Waals surface area contributed by atoms with Crippen molar-refractivity contribution in [3.63, 3.8) is 0 Å². The maximum absolute atomic E-state index is 13.1. The minimum Gasteiger partial charge on any atom is -0.368 e. The maximum atomic E-state index is 13.1. The number of carbonyl (C=O) groups is 2. The van der Waals surface area contributed by atoms with Crippen LogP contribution >= 0.6 is 0 Å². The molecule has 2 aromatic rings. The minimum atomic E-state index is -0.259. The van der Waals surface area contributed by atoms with Crippen molar-refractivity contribution in [2.45, 2.75) is 31.7 Å². The Hall–Kier alpha value is -2.96. The van der Waals surface area contributed by atoms with Gasteiger partial charge in [0.05, 0.1) is 0 Å². The van der Waals surface area contributed by atoms with E-state index in [9.17, 15) is 14.0 Å². The number of hydrogen-bond donors (Lipinski definition) is 1. The molecule has 1 aromatic carbocycles. The van der Waals surface area contributed by atoms with Crippen LogP contribution < -0.4 is 10.2 Å². The van der Waals surface area contributed by atoms with Gasteiger partial charge in [-0.15, -0.1) is 0 Å². The Morgan fingerprint density at radius 3 is 2.38 bits per heavy atom. The van der Waals surface area contributed by atoms with Crippen molar-refractivity contribution in [2.75, 3.05) is 31.1 Å². The highest BCUT2D eigenvalue weighted by Crippen LogP contribution is 2.19. The molecule has 7 heteroatoms. The zero-order chi connectivity index (χ0) is 20.2. The molecule has 1 N–H and O–H groups in total. The number of nitrogens with one attached hydrogen (secondary N) is 1. The lowest BCUT2D eigenvalue weighted by atomic mass is 10.1. The van der Waals surface area contributed by atoms with Crippen molar-refractivity contribution in [2.24, 2.45) is 0 Å². The SMILES string of the molecule is O=C(NC1CCCC1)c1ccnc(C(=O)N2CCN(c3ccc(F)cc3)CC2)c1. The molecular formula is C22H25FN4O2. The van der Waals surface area contributed by atoms with Gasteiger partial charge in [0.15, 0.2) is 0 Å². The molecule has 152 valence electrons. The first-order valence-corrected chi connectivity index (χ1v) is 10.2. The number of benzene rings is 1. The van der Waals surface area contributed by atoms with Crippen LogP contribution in [0, 0.1) is 5.82 Å². The molecule has 4 rings (SSSR count). The van der Waals surface area contributed by atoms with E-state index in [1.165, 1.54) is 18.3 Å². The van der Waals surface area contributed by atoms with Crippen LogP contribution in [0.15, 0.2) is 42.6 Å². The molecule has 0 spiro atoms. The van der Waals surface area contributed by atoms with E-state index in [2.05, 4.69) is 15.2 Å². The van der Waals surface area contributed by atoms with Crippen LogP contribution in [-0.2, 0) is 0 Å². The molecule has 2 amide bonds. The van der Waals surface area contributed by atoms with Gasteiger partial charge in [-0.25, -0.2) is 4.39 Å². The van der Waals surface area contributed by atoms with Gasteiger partial charge in [-0.3, -0.25) is 14.6 Å². The molecule has 0 bridgehead atoms. The van der Waals surface area contributed by atoms with Gasteiger partial charge in [-0.1, -0.05) is 12.8 Å². The summed E-state index contributed by atoms with van der Waals surface area (Å²) in [5.74, 6) is -0.570. The molecule has 1 aliphatic carbocycles. The summed E-state index contributed by atoms with van der Waals surface area (Å²) >= 11 is 0. The molecule has 0 unspecified atom stereocenters. The summed E-state index contributed by atoms with van der Waals surface area (Å²) in [4.78, 5) is 33.4. The van der Waals surface area contributed by atoms with E-state index in [0.29, 0.717) is 37.4 Å². The van der Waals surface area contributed by atoms with Gasteiger partial charge >= 0.3 is 0 Å². The van der Waals surface area contributed by atoms with E-state index in [-0.39, 0.29) is 23.7 Å². The van der Waals surface area contributed by atoms with Gasteiger partial charge in [0, 0.05) is 49.7 Å². The third kappa shape index (κ3) is 4.55. The lowest BCUT2D eigenvalue weighted by Crippen LogP contribution is -2.49. The molecule has 29 heavy (non-hydrogen) atoms.